The fourth-order valence-corrected chi connectivity index (χ4v) is 4.30. The van der Waals surface area contributed by atoms with Crippen molar-refractivity contribution in [3.8, 4) is 5.75 Å². The largest absolute Gasteiger partial charge is 0.507 e. The van der Waals surface area contributed by atoms with Crippen LogP contribution in [0.5, 0.6) is 5.75 Å². The van der Waals surface area contributed by atoms with Gasteiger partial charge in [-0.1, -0.05) is 25.5 Å². The van der Waals surface area contributed by atoms with Crippen molar-refractivity contribution < 1.29 is 28.6 Å². The molecule has 0 aliphatic carbocycles. The predicted octanol–water partition coefficient (Wildman–Crippen LogP) is 3.52. The molecule has 0 radical (unpaired) electrons. The van der Waals surface area contributed by atoms with E-state index < -0.39 is 17.7 Å². The molecule has 2 aliphatic rings. The number of hydrogen-bond acceptors (Lipinski definition) is 7. The lowest BCUT2D eigenvalue weighted by atomic mass is 9.99. The molecule has 1 unspecified atom stereocenters. The van der Waals surface area contributed by atoms with Crippen LogP contribution in [0, 0.1) is 6.92 Å². The van der Waals surface area contributed by atoms with E-state index in [-0.39, 0.29) is 11.3 Å². The Morgan fingerprint density at radius 3 is 2.65 bits per heavy atom. The first kappa shape index (κ1) is 24.0. The summed E-state index contributed by atoms with van der Waals surface area (Å²) in [6.07, 6.45) is 1.93. The molecular formula is C26H32N2O6. The molecule has 182 valence electrons. The molecule has 8 nitrogen and oxygen atoms in total. The first-order chi connectivity index (χ1) is 16.5. The SMILES string of the molecule is CCCCOc1cccc(C(O)=C2C(=O)C(=O)N(CCN3CCOCC3)C2c2ccc(C)o2)c1. The number of amides is 1. The van der Waals surface area contributed by atoms with Gasteiger partial charge in [-0.3, -0.25) is 14.5 Å². The minimum atomic E-state index is -0.792. The molecule has 0 saturated carbocycles. The van der Waals surface area contributed by atoms with Crippen LogP contribution in [0.2, 0.25) is 0 Å². The molecular weight excluding hydrogens is 436 g/mol. The summed E-state index contributed by atoms with van der Waals surface area (Å²) in [5.41, 5.74) is 0.459. The van der Waals surface area contributed by atoms with E-state index in [1.54, 1.807) is 43.3 Å². The number of ketones is 1. The van der Waals surface area contributed by atoms with Crippen LogP contribution in [-0.2, 0) is 14.3 Å². The molecule has 1 atom stereocenters. The third-order valence-corrected chi connectivity index (χ3v) is 6.21. The van der Waals surface area contributed by atoms with Crippen molar-refractivity contribution in [2.45, 2.75) is 32.7 Å². The second-order valence-electron chi connectivity index (χ2n) is 8.62. The lowest BCUT2D eigenvalue weighted by Crippen LogP contribution is -2.42. The number of rotatable bonds is 9. The van der Waals surface area contributed by atoms with Crippen LogP contribution in [0.3, 0.4) is 0 Å². The van der Waals surface area contributed by atoms with E-state index in [1.165, 1.54) is 4.90 Å². The number of likely N-dealkylation sites (tertiary alicyclic amines) is 1. The lowest BCUT2D eigenvalue weighted by molar-refractivity contribution is -0.140. The molecule has 2 saturated heterocycles. The van der Waals surface area contributed by atoms with Crippen LogP contribution in [0.1, 0.15) is 42.9 Å². The Kier molecular flexibility index (Phi) is 7.70. The topological polar surface area (TPSA) is 92.5 Å². The summed E-state index contributed by atoms with van der Waals surface area (Å²) in [5, 5.41) is 11.2. The van der Waals surface area contributed by atoms with Crippen LogP contribution in [-0.4, -0.2) is 72.6 Å². The Balaban J connectivity index is 1.66. The van der Waals surface area contributed by atoms with E-state index in [4.69, 9.17) is 13.9 Å². The van der Waals surface area contributed by atoms with Crippen LogP contribution in [0.25, 0.3) is 5.76 Å². The van der Waals surface area contributed by atoms with Gasteiger partial charge < -0.3 is 23.9 Å². The normalized spacial score (nSPS) is 20.8. The van der Waals surface area contributed by atoms with Crippen molar-refractivity contribution in [2.75, 3.05) is 46.0 Å². The van der Waals surface area contributed by atoms with Crippen LogP contribution < -0.4 is 4.74 Å². The number of aryl methyl sites for hydroxylation is 1. The molecule has 2 fully saturated rings. The number of morpholine rings is 1. The van der Waals surface area contributed by atoms with Crippen molar-refractivity contribution in [2.24, 2.45) is 0 Å². The Hall–Kier alpha value is -3.10. The maximum absolute atomic E-state index is 13.2. The van der Waals surface area contributed by atoms with Gasteiger partial charge in [-0.2, -0.15) is 0 Å². The van der Waals surface area contributed by atoms with Crippen LogP contribution in [0.4, 0.5) is 0 Å². The molecule has 0 spiro atoms. The predicted molar refractivity (Wildman–Crippen MR) is 127 cm³/mol. The second kappa shape index (κ2) is 10.9. The van der Waals surface area contributed by atoms with Gasteiger partial charge >= 0.3 is 0 Å². The quantitative estimate of drug-likeness (QED) is 0.261. The summed E-state index contributed by atoms with van der Waals surface area (Å²) in [4.78, 5) is 29.9. The van der Waals surface area contributed by atoms with Crippen molar-refractivity contribution in [1.29, 1.82) is 0 Å². The van der Waals surface area contributed by atoms with Gasteiger partial charge in [0.1, 0.15) is 29.1 Å². The highest BCUT2D eigenvalue weighted by Crippen LogP contribution is 2.40. The summed E-state index contributed by atoms with van der Waals surface area (Å²) in [5.74, 6) is 0.146. The zero-order valence-electron chi connectivity index (χ0n) is 19.8. The molecule has 0 bridgehead atoms. The molecule has 1 amide bonds. The van der Waals surface area contributed by atoms with E-state index in [0.29, 0.717) is 55.7 Å². The number of furan rings is 1. The van der Waals surface area contributed by atoms with Crippen molar-refractivity contribution in [1.82, 2.24) is 9.80 Å². The molecule has 1 N–H and O–H groups in total. The first-order valence-corrected chi connectivity index (χ1v) is 11.9. The summed E-state index contributed by atoms with van der Waals surface area (Å²) >= 11 is 0. The smallest absolute Gasteiger partial charge is 0.295 e. The molecule has 8 heteroatoms. The molecule has 3 heterocycles. The number of carbonyl (C=O) groups is 2. The Morgan fingerprint density at radius 1 is 1.15 bits per heavy atom. The maximum atomic E-state index is 13.2. The number of ether oxygens (including phenoxy) is 2. The molecule has 1 aromatic heterocycles. The Labute approximate surface area is 199 Å². The lowest BCUT2D eigenvalue weighted by Gasteiger charge is -2.30. The monoisotopic (exact) mass is 468 g/mol. The number of hydrogen-bond donors (Lipinski definition) is 1. The van der Waals surface area contributed by atoms with Gasteiger partial charge in [0.2, 0.25) is 0 Å². The van der Waals surface area contributed by atoms with E-state index in [9.17, 15) is 14.7 Å². The fourth-order valence-electron chi connectivity index (χ4n) is 4.30. The van der Waals surface area contributed by atoms with Crippen molar-refractivity contribution in [3.63, 3.8) is 0 Å². The molecule has 1 aromatic carbocycles. The number of carbonyl (C=O) groups excluding carboxylic acids is 2. The summed E-state index contributed by atoms with van der Waals surface area (Å²) in [6.45, 7) is 8.25. The highest BCUT2D eigenvalue weighted by molar-refractivity contribution is 6.46. The first-order valence-electron chi connectivity index (χ1n) is 11.9. The summed E-state index contributed by atoms with van der Waals surface area (Å²) in [7, 11) is 0. The maximum Gasteiger partial charge on any atom is 0.295 e. The Morgan fingerprint density at radius 2 is 1.94 bits per heavy atom. The number of benzene rings is 1. The zero-order valence-corrected chi connectivity index (χ0v) is 19.8. The van der Waals surface area contributed by atoms with E-state index in [1.807, 2.05) is 0 Å². The number of aliphatic hydroxyl groups is 1. The average Bonchev–Trinajstić information content (AvgIpc) is 3.39. The standard InChI is InChI=1S/C26H32N2O6/c1-3-4-14-33-20-7-5-6-19(17-20)24(29)22-23(21-9-8-18(2)34-21)28(26(31)25(22)30)11-10-27-12-15-32-16-13-27/h5-9,17,23,29H,3-4,10-16H2,1-2H3. The summed E-state index contributed by atoms with van der Waals surface area (Å²) < 4.78 is 17.0. The minimum Gasteiger partial charge on any atom is -0.507 e. The van der Waals surface area contributed by atoms with Gasteiger partial charge in [-0.15, -0.1) is 0 Å². The van der Waals surface area contributed by atoms with E-state index >= 15 is 0 Å². The highest BCUT2D eigenvalue weighted by atomic mass is 16.5. The second-order valence-corrected chi connectivity index (χ2v) is 8.62. The zero-order chi connectivity index (χ0) is 24.1. The van der Waals surface area contributed by atoms with Gasteiger partial charge in [0.15, 0.2) is 0 Å². The van der Waals surface area contributed by atoms with Crippen molar-refractivity contribution >= 4 is 17.4 Å². The van der Waals surface area contributed by atoms with E-state index in [2.05, 4.69) is 11.8 Å². The third kappa shape index (κ3) is 5.18. The minimum absolute atomic E-state index is 0.0343. The molecule has 4 rings (SSSR count). The van der Waals surface area contributed by atoms with Crippen LogP contribution >= 0.6 is 0 Å². The Bertz CT molecular complexity index is 1050. The fraction of sp³-hybridized carbons (Fsp3) is 0.462. The average molecular weight is 469 g/mol. The van der Waals surface area contributed by atoms with Gasteiger partial charge in [-0.25, -0.2) is 0 Å². The third-order valence-electron chi connectivity index (χ3n) is 6.21. The molecule has 2 aliphatic heterocycles. The number of unbranched alkanes of at least 4 members (excludes halogenated alkanes) is 1. The number of nitrogens with zero attached hydrogens (tertiary/aromatic N) is 2. The molecule has 2 aromatic rings. The van der Waals surface area contributed by atoms with Gasteiger partial charge in [0.25, 0.3) is 11.7 Å². The van der Waals surface area contributed by atoms with Gasteiger partial charge in [0, 0.05) is 31.7 Å². The van der Waals surface area contributed by atoms with Crippen molar-refractivity contribution in [3.05, 3.63) is 59.1 Å². The molecule has 34 heavy (non-hydrogen) atoms. The van der Waals surface area contributed by atoms with Gasteiger partial charge in [-0.05, 0) is 37.6 Å². The number of Topliss-reactive ketones (excluding diaryl/α,β-unsaturated/α-hetero) is 1. The van der Waals surface area contributed by atoms with Crippen LogP contribution in [0.15, 0.2) is 46.4 Å². The highest BCUT2D eigenvalue weighted by Gasteiger charge is 2.47. The van der Waals surface area contributed by atoms with Gasteiger partial charge in [0.05, 0.1) is 25.4 Å². The number of aliphatic hydroxyl groups excluding tert-OH is 1. The summed E-state index contributed by atoms with van der Waals surface area (Å²) in [6, 6.07) is 9.71. The van der Waals surface area contributed by atoms with E-state index in [0.717, 1.165) is 25.9 Å².